The van der Waals surface area contributed by atoms with Crippen molar-refractivity contribution in [1.29, 1.82) is 0 Å². The highest BCUT2D eigenvalue weighted by Gasteiger charge is 2.50. The molecule has 0 aromatic heterocycles. The van der Waals surface area contributed by atoms with Crippen LogP contribution in [0.1, 0.15) is 18.9 Å². The fourth-order valence-corrected chi connectivity index (χ4v) is 3.13. The van der Waals surface area contributed by atoms with Crippen LogP contribution < -0.4 is 10.6 Å². The Bertz CT molecular complexity index is 517. The van der Waals surface area contributed by atoms with E-state index >= 15 is 0 Å². The van der Waals surface area contributed by atoms with Gasteiger partial charge in [0.1, 0.15) is 0 Å². The number of benzene rings is 1. The second-order valence-corrected chi connectivity index (χ2v) is 5.65. The van der Waals surface area contributed by atoms with Crippen LogP contribution in [0.4, 0.5) is 5.69 Å². The van der Waals surface area contributed by atoms with Crippen LogP contribution in [0.3, 0.4) is 0 Å². The zero-order chi connectivity index (χ0) is 12.2. The van der Waals surface area contributed by atoms with E-state index in [2.05, 4.69) is 17.6 Å². The molecule has 2 heterocycles. The molecule has 1 spiro atoms. The predicted octanol–water partition coefficient (Wildman–Crippen LogP) is 2.57. The SMILES string of the molecule is CC1CC2(CN1)C(=O)Nc1cc(Cl)c(Cl)cc12. The van der Waals surface area contributed by atoms with E-state index in [-0.39, 0.29) is 5.91 Å². The van der Waals surface area contributed by atoms with Gasteiger partial charge in [-0.2, -0.15) is 0 Å². The Morgan fingerprint density at radius 2 is 2.06 bits per heavy atom. The van der Waals surface area contributed by atoms with Crippen LogP contribution in [-0.2, 0) is 10.2 Å². The number of hydrogen-bond donors (Lipinski definition) is 2. The summed E-state index contributed by atoms with van der Waals surface area (Å²) in [5.41, 5.74) is 1.29. The molecule has 2 aliphatic heterocycles. The van der Waals surface area contributed by atoms with Gasteiger partial charge in [-0.3, -0.25) is 4.79 Å². The highest BCUT2D eigenvalue weighted by Crippen LogP contribution is 2.45. The Hall–Kier alpha value is -0.770. The van der Waals surface area contributed by atoms with E-state index in [4.69, 9.17) is 23.2 Å². The van der Waals surface area contributed by atoms with Gasteiger partial charge in [0.15, 0.2) is 0 Å². The zero-order valence-corrected chi connectivity index (χ0v) is 10.8. The van der Waals surface area contributed by atoms with Crippen molar-refractivity contribution in [2.75, 3.05) is 11.9 Å². The topological polar surface area (TPSA) is 41.1 Å². The van der Waals surface area contributed by atoms with Crippen LogP contribution in [0.5, 0.6) is 0 Å². The summed E-state index contributed by atoms with van der Waals surface area (Å²) >= 11 is 12.0. The van der Waals surface area contributed by atoms with E-state index in [1.807, 2.05) is 6.07 Å². The monoisotopic (exact) mass is 270 g/mol. The molecule has 1 aromatic rings. The van der Waals surface area contributed by atoms with Crippen molar-refractivity contribution in [3.8, 4) is 0 Å². The third-order valence-corrected chi connectivity index (χ3v) is 4.39. The number of fused-ring (bicyclic) bond motifs is 2. The quantitative estimate of drug-likeness (QED) is 0.761. The second-order valence-electron chi connectivity index (χ2n) is 4.83. The lowest BCUT2D eigenvalue weighted by molar-refractivity contribution is -0.120. The summed E-state index contributed by atoms with van der Waals surface area (Å²) in [6.45, 7) is 2.74. The number of carbonyl (C=O) groups excluding carboxylic acids is 1. The van der Waals surface area contributed by atoms with Gasteiger partial charge in [-0.1, -0.05) is 23.2 Å². The van der Waals surface area contributed by atoms with E-state index in [9.17, 15) is 4.79 Å². The summed E-state index contributed by atoms with van der Waals surface area (Å²) in [7, 11) is 0. The van der Waals surface area contributed by atoms with Gasteiger partial charge in [-0.15, -0.1) is 0 Å². The van der Waals surface area contributed by atoms with Crippen molar-refractivity contribution >= 4 is 34.8 Å². The van der Waals surface area contributed by atoms with Gasteiger partial charge in [0, 0.05) is 18.3 Å². The van der Waals surface area contributed by atoms with Crippen LogP contribution in [0.25, 0.3) is 0 Å². The van der Waals surface area contributed by atoms with E-state index in [1.54, 1.807) is 6.07 Å². The number of carbonyl (C=O) groups is 1. The van der Waals surface area contributed by atoms with E-state index in [0.717, 1.165) is 17.7 Å². The van der Waals surface area contributed by atoms with Crippen molar-refractivity contribution in [3.05, 3.63) is 27.7 Å². The Balaban J connectivity index is 2.16. The molecular weight excluding hydrogens is 259 g/mol. The Morgan fingerprint density at radius 3 is 2.71 bits per heavy atom. The molecule has 3 nitrogen and oxygen atoms in total. The first kappa shape index (κ1) is 11.3. The minimum absolute atomic E-state index is 0.0442. The van der Waals surface area contributed by atoms with Gasteiger partial charge in [0.05, 0.1) is 15.5 Å². The maximum atomic E-state index is 12.2. The second kappa shape index (κ2) is 3.61. The van der Waals surface area contributed by atoms with Crippen molar-refractivity contribution in [1.82, 2.24) is 5.32 Å². The van der Waals surface area contributed by atoms with Crippen molar-refractivity contribution in [3.63, 3.8) is 0 Å². The standard InChI is InChI=1S/C12H12Cl2N2O/c1-6-4-12(5-15-6)7-2-8(13)9(14)3-10(7)16-11(12)17/h2-3,6,15H,4-5H2,1H3,(H,16,17). The van der Waals surface area contributed by atoms with Gasteiger partial charge in [0.25, 0.3) is 0 Å². The first-order chi connectivity index (χ1) is 8.03. The molecule has 1 saturated heterocycles. The molecular formula is C12H12Cl2N2O. The molecule has 0 radical (unpaired) electrons. The Labute approximate surface area is 109 Å². The molecule has 3 rings (SSSR count). The molecule has 2 atom stereocenters. The van der Waals surface area contributed by atoms with E-state index in [0.29, 0.717) is 22.6 Å². The van der Waals surface area contributed by atoms with Crippen LogP contribution in [0.2, 0.25) is 10.0 Å². The van der Waals surface area contributed by atoms with Gasteiger partial charge in [-0.25, -0.2) is 0 Å². The fraction of sp³-hybridized carbons (Fsp3) is 0.417. The first-order valence-electron chi connectivity index (χ1n) is 5.57. The largest absolute Gasteiger partial charge is 0.325 e. The average Bonchev–Trinajstić information content (AvgIpc) is 2.76. The van der Waals surface area contributed by atoms with Crippen molar-refractivity contribution < 1.29 is 4.79 Å². The molecule has 2 aliphatic rings. The fourth-order valence-electron chi connectivity index (χ4n) is 2.80. The van der Waals surface area contributed by atoms with Gasteiger partial charge >= 0.3 is 0 Å². The summed E-state index contributed by atoms with van der Waals surface area (Å²) < 4.78 is 0. The molecule has 1 fully saturated rings. The summed E-state index contributed by atoms with van der Waals surface area (Å²) in [6.07, 6.45) is 0.795. The summed E-state index contributed by atoms with van der Waals surface area (Å²) in [5, 5.41) is 7.19. The van der Waals surface area contributed by atoms with Gasteiger partial charge in [-0.05, 0) is 31.0 Å². The smallest absolute Gasteiger partial charge is 0.236 e. The van der Waals surface area contributed by atoms with Crippen LogP contribution in [0, 0.1) is 0 Å². The molecule has 17 heavy (non-hydrogen) atoms. The summed E-state index contributed by atoms with van der Waals surface area (Å²) in [4.78, 5) is 12.2. The predicted molar refractivity (Wildman–Crippen MR) is 68.9 cm³/mol. The number of halogens is 2. The Morgan fingerprint density at radius 1 is 1.35 bits per heavy atom. The van der Waals surface area contributed by atoms with Gasteiger partial charge < -0.3 is 10.6 Å². The lowest BCUT2D eigenvalue weighted by atomic mass is 9.80. The molecule has 1 amide bonds. The molecule has 2 unspecified atom stereocenters. The molecule has 1 aromatic carbocycles. The maximum Gasteiger partial charge on any atom is 0.236 e. The molecule has 90 valence electrons. The average molecular weight is 271 g/mol. The zero-order valence-electron chi connectivity index (χ0n) is 9.31. The van der Waals surface area contributed by atoms with E-state index < -0.39 is 5.41 Å². The lowest BCUT2D eigenvalue weighted by Crippen LogP contribution is -2.36. The van der Waals surface area contributed by atoms with Crippen molar-refractivity contribution in [2.45, 2.75) is 24.8 Å². The number of anilines is 1. The van der Waals surface area contributed by atoms with Gasteiger partial charge in [0.2, 0.25) is 5.91 Å². The highest BCUT2D eigenvalue weighted by atomic mass is 35.5. The minimum Gasteiger partial charge on any atom is -0.325 e. The third kappa shape index (κ3) is 1.49. The third-order valence-electron chi connectivity index (χ3n) is 3.67. The molecule has 5 heteroatoms. The number of nitrogens with one attached hydrogen (secondary N) is 2. The van der Waals surface area contributed by atoms with Crippen LogP contribution >= 0.6 is 23.2 Å². The number of hydrogen-bond acceptors (Lipinski definition) is 2. The molecule has 0 aliphatic carbocycles. The number of amides is 1. The molecule has 0 bridgehead atoms. The molecule has 2 N–H and O–H groups in total. The first-order valence-corrected chi connectivity index (χ1v) is 6.33. The van der Waals surface area contributed by atoms with Crippen LogP contribution in [0.15, 0.2) is 12.1 Å². The minimum atomic E-state index is -0.469. The highest BCUT2D eigenvalue weighted by molar-refractivity contribution is 6.42. The van der Waals surface area contributed by atoms with E-state index in [1.165, 1.54) is 0 Å². The van der Waals surface area contributed by atoms with Crippen molar-refractivity contribution in [2.24, 2.45) is 0 Å². The maximum absolute atomic E-state index is 12.2. The lowest BCUT2D eigenvalue weighted by Gasteiger charge is -2.20. The number of rotatable bonds is 0. The Kier molecular flexibility index (Phi) is 2.41. The normalized spacial score (nSPS) is 30.8. The molecule has 0 saturated carbocycles. The van der Waals surface area contributed by atoms with Crippen LogP contribution in [-0.4, -0.2) is 18.5 Å². The summed E-state index contributed by atoms with van der Waals surface area (Å²) in [6, 6.07) is 3.88. The summed E-state index contributed by atoms with van der Waals surface area (Å²) in [5.74, 6) is 0.0442.